The second-order valence-corrected chi connectivity index (χ2v) is 4.82. The van der Waals surface area contributed by atoms with E-state index in [-0.39, 0.29) is 0 Å². The number of aliphatic carboxylic acids is 1. The first-order chi connectivity index (χ1) is 7.52. The van der Waals surface area contributed by atoms with Gasteiger partial charge in [0.2, 0.25) is 0 Å². The van der Waals surface area contributed by atoms with Gasteiger partial charge in [0.15, 0.2) is 0 Å². The largest absolute Gasteiger partial charge is 0.481 e. The summed E-state index contributed by atoms with van der Waals surface area (Å²) in [6, 6.07) is 0. The normalized spacial score (nSPS) is 18.6. The zero-order valence-electron chi connectivity index (χ0n) is 10.2. The number of carbonyl (C=O) groups is 1. The summed E-state index contributed by atoms with van der Waals surface area (Å²) in [5, 5.41) is 12.1. The summed E-state index contributed by atoms with van der Waals surface area (Å²) in [4.78, 5) is 13.2. The monoisotopic (exact) mass is 230 g/mol. The van der Waals surface area contributed by atoms with E-state index in [0.717, 1.165) is 39.4 Å². The molecule has 1 rings (SSSR count). The minimum Gasteiger partial charge on any atom is -0.481 e. The van der Waals surface area contributed by atoms with Crippen molar-refractivity contribution in [1.29, 1.82) is 0 Å². The van der Waals surface area contributed by atoms with E-state index in [0.29, 0.717) is 6.54 Å². The molecule has 0 spiro atoms. The van der Waals surface area contributed by atoms with Crippen LogP contribution in [0.25, 0.3) is 0 Å². The van der Waals surface area contributed by atoms with Gasteiger partial charge in [-0.1, -0.05) is 0 Å². The summed E-state index contributed by atoms with van der Waals surface area (Å²) in [5.74, 6) is -0.758. The molecule has 2 N–H and O–H groups in total. The van der Waals surface area contributed by atoms with Gasteiger partial charge in [0.25, 0.3) is 0 Å². The molecule has 1 fully saturated rings. The summed E-state index contributed by atoms with van der Waals surface area (Å²) in [7, 11) is 0. The molecule has 1 saturated heterocycles. The molecule has 5 heteroatoms. The molecule has 0 atom stereocenters. The lowest BCUT2D eigenvalue weighted by Crippen LogP contribution is -2.43. The maximum atomic E-state index is 10.8. The van der Waals surface area contributed by atoms with E-state index in [9.17, 15) is 4.79 Å². The Morgan fingerprint density at radius 3 is 2.62 bits per heavy atom. The lowest BCUT2D eigenvalue weighted by molar-refractivity contribution is -0.146. The quantitative estimate of drug-likeness (QED) is 0.630. The van der Waals surface area contributed by atoms with Gasteiger partial charge in [0.05, 0.1) is 18.6 Å². The predicted molar refractivity (Wildman–Crippen MR) is 61.5 cm³/mol. The highest BCUT2D eigenvalue weighted by Crippen LogP contribution is 2.12. The van der Waals surface area contributed by atoms with E-state index >= 15 is 0 Å². The van der Waals surface area contributed by atoms with E-state index in [2.05, 4.69) is 10.2 Å². The SMILES string of the molecule is CC(C)(CNCCN1CCOCC1)C(=O)O. The maximum absolute atomic E-state index is 10.8. The van der Waals surface area contributed by atoms with E-state index in [1.807, 2.05) is 0 Å². The van der Waals surface area contributed by atoms with Gasteiger partial charge in [0, 0.05) is 32.7 Å². The second kappa shape index (κ2) is 6.18. The van der Waals surface area contributed by atoms with Crippen LogP contribution in [0.1, 0.15) is 13.8 Å². The molecule has 0 amide bonds. The summed E-state index contributed by atoms with van der Waals surface area (Å²) < 4.78 is 5.25. The van der Waals surface area contributed by atoms with Crippen LogP contribution in [-0.2, 0) is 9.53 Å². The molecule has 0 aliphatic carbocycles. The van der Waals surface area contributed by atoms with E-state index in [4.69, 9.17) is 9.84 Å². The van der Waals surface area contributed by atoms with Crippen molar-refractivity contribution in [2.45, 2.75) is 13.8 Å². The zero-order chi connectivity index (χ0) is 12.0. The highest BCUT2D eigenvalue weighted by atomic mass is 16.5. The van der Waals surface area contributed by atoms with Gasteiger partial charge in [-0.2, -0.15) is 0 Å². The highest BCUT2D eigenvalue weighted by Gasteiger charge is 2.26. The molecule has 0 bridgehead atoms. The smallest absolute Gasteiger partial charge is 0.310 e. The van der Waals surface area contributed by atoms with Gasteiger partial charge in [-0.15, -0.1) is 0 Å². The molecule has 16 heavy (non-hydrogen) atoms. The molecule has 94 valence electrons. The predicted octanol–water partition coefficient (Wildman–Crippen LogP) is 0.0190. The summed E-state index contributed by atoms with van der Waals surface area (Å²) in [6.07, 6.45) is 0. The summed E-state index contributed by atoms with van der Waals surface area (Å²) in [6.45, 7) is 9.33. The number of nitrogens with zero attached hydrogens (tertiary/aromatic N) is 1. The number of carboxylic acids is 1. The topological polar surface area (TPSA) is 61.8 Å². The standard InChI is InChI=1S/C11H22N2O3/c1-11(2,10(14)15)9-12-3-4-13-5-7-16-8-6-13/h12H,3-9H2,1-2H3,(H,14,15). The Labute approximate surface area is 96.8 Å². The number of carboxylic acid groups (broad SMARTS) is 1. The lowest BCUT2D eigenvalue weighted by Gasteiger charge is -2.27. The minimum absolute atomic E-state index is 0.507. The van der Waals surface area contributed by atoms with Crippen LogP contribution in [0.3, 0.4) is 0 Å². The van der Waals surface area contributed by atoms with Crippen molar-refractivity contribution in [2.24, 2.45) is 5.41 Å². The molecular formula is C11H22N2O3. The van der Waals surface area contributed by atoms with Crippen LogP contribution < -0.4 is 5.32 Å². The molecule has 1 aliphatic heterocycles. The molecular weight excluding hydrogens is 208 g/mol. The van der Waals surface area contributed by atoms with Gasteiger partial charge in [-0.05, 0) is 13.8 Å². The first-order valence-corrected chi connectivity index (χ1v) is 5.76. The average molecular weight is 230 g/mol. The Balaban J connectivity index is 2.09. The first-order valence-electron chi connectivity index (χ1n) is 5.76. The number of hydrogen-bond donors (Lipinski definition) is 2. The third-order valence-electron chi connectivity index (χ3n) is 2.85. The van der Waals surface area contributed by atoms with Gasteiger partial charge in [-0.3, -0.25) is 9.69 Å². The van der Waals surface area contributed by atoms with Gasteiger partial charge < -0.3 is 15.2 Å². The third kappa shape index (κ3) is 4.47. The van der Waals surface area contributed by atoms with Crippen molar-refractivity contribution in [1.82, 2.24) is 10.2 Å². The third-order valence-corrected chi connectivity index (χ3v) is 2.85. The van der Waals surface area contributed by atoms with Crippen molar-refractivity contribution in [2.75, 3.05) is 45.9 Å². The fourth-order valence-corrected chi connectivity index (χ4v) is 1.54. The van der Waals surface area contributed by atoms with Crippen LogP contribution in [0.5, 0.6) is 0 Å². The summed E-state index contributed by atoms with van der Waals surface area (Å²) in [5.41, 5.74) is -0.689. The molecule has 0 aromatic heterocycles. The molecule has 1 aliphatic rings. The molecule has 0 aromatic rings. The van der Waals surface area contributed by atoms with Crippen LogP contribution in [-0.4, -0.2) is 61.9 Å². The van der Waals surface area contributed by atoms with Crippen molar-refractivity contribution >= 4 is 5.97 Å². The maximum Gasteiger partial charge on any atom is 0.310 e. The second-order valence-electron chi connectivity index (χ2n) is 4.82. The molecule has 5 nitrogen and oxygen atoms in total. The van der Waals surface area contributed by atoms with Crippen molar-refractivity contribution in [3.8, 4) is 0 Å². The van der Waals surface area contributed by atoms with Gasteiger partial charge >= 0.3 is 5.97 Å². The Kier molecular flexibility index (Phi) is 5.18. The Morgan fingerprint density at radius 1 is 1.44 bits per heavy atom. The van der Waals surface area contributed by atoms with E-state index < -0.39 is 11.4 Å². The summed E-state index contributed by atoms with van der Waals surface area (Å²) >= 11 is 0. The fourth-order valence-electron chi connectivity index (χ4n) is 1.54. The first kappa shape index (κ1) is 13.4. The molecule has 0 saturated carbocycles. The van der Waals surface area contributed by atoms with E-state index in [1.165, 1.54) is 0 Å². The Hall–Kier alpha value is -0.650. The lowest BCUT2D eigenvalue weighted by atomic mass is 9.94. The number of nitrogens with one attached hydrogen (secondary N) is 1. The van der Waals surface area contributed by atoms with E-state index in [1.54, 1.807) is 13.8 Å². The fraction of sp³-hybridized carbons (Fsp3) is 0.909. The minimum atomic E-state index is -0.758. The average Bonchev–Trinajstić information content (AvgIpc) is 2.26. The van der Waals surface area contributed by atoms with Crippen LogP contribution >= 0.6 is 0 Å². The van der Waals surface area contributed by atoms with Crippen LogP contribution in [0.15, 0.2) is 0 Å². The molecule has 0 unspecified atom stereocenters. The van der Waals surface area contributed by atoms with Crippen LogP contribution in [0.4, 0.5) is 0 Å². The van der Waals surface area contributed by atoms with Crippen LogP contribution in [0.2, 0.25) is 0 Å². The highest BCUT2D eigenvalue weighted by molar-refractivity contribution is 5.73. The number of morpholine rings is 1. The number of rotatable bonds is 6. The molecule has 0 aromatic carbocycles. The molecule has 1 heterocycles. The van der Waals surface area contributed by atoms with Crippen LogP contribution in [0, 0.1) is 5.41 Å². The molecule has 0 radical (unpaired) electrons. The van der Waals surface area contributed by atoms with Gasteiger partial charge in [0.1, 0.15) is 0 Å². The Morgan fingerprint density at radius 2 is 2.06 bits per heavy atom. The van der Waals surface area contributed by atoms with Crippen molar-refractivity contribution in [3.63, 3.8) is 0 Å². The number of ether oxygens (including phenoxy) is 1. The Bertz CT molecular complexity index is 225. The van der Waals surface area contributed by atoms with Gasteiger partial charge in [-0.25, -0.2) is 0 Å². The zero-order valence-corrected chi connectivity index (χ0v) is 10.2. The van der Waals surface area contributed by atoms with Crippen molar-refractivity contribution in [3.05, 3.63) is 0 Å². The van der Waals surface area contributed by atoms with Crippen molar-refractivity contribution < 1.29 is 14.6 Å². The number of hydrogen-bond acceptors (Lipinski definition) is 4.